The number of hydrogen-bond acceptors (Lipinski definition) is 5. The summed E-state index contributed by atoms with van der Waals surface area (Å²) in [5, 5.41) is 8.14. The van der Waals surface area contributed by atoms with E-state index in [0.29, 0.717) is 19.1 Å². The van der Waals surface area contributed by atoms with Crippen LogP contribution in [0.2, 0.25) is 0 Å². The van der Waals surface area contributed by atoms with Crippen LogP contribution < -0.4 is 4.84 Å². The Kier molecular flexibility index (Phi) is 6.24. The summed E-state index contributed by atoms with van der Waals surface area (Å²) >= 11 is 0. The molecule has 0 fully saturated rings. The van der Waals surface area contributed by atoms with Crippen molar-refractivity contribution in [3.05, 3.63) is 24.3 Å². The Labute approximate surface area is 159 Å². The molecule has 0 spiro atoms. The van der Waals surface area contributed by atoms with E-state index in [-0.39, 0.29) is 6.09 Å². The number of likely N-dealkylation sites (N-methyl/N-ethyl adjacent to an activating group) is 2. The van der Waals surface area contributed by atoms with Gasteiger partial charge in [-0.15, -0.1) is 5.10 Å². The lowest BCUT2D eigenvalue weighted by Gasteiger charge is -2.25. The first-order valence-corrected chi connectivity index (χ1v) is 8.77. The summed E-state index contributed by atoms with van der Waals surface area (Å²) in [4.78, 5) is 22.9. The van der Waals surface area contributed by atoms with Crippen LogP contribution >= 0.6 is 0 Å². The lowest BCUT2D eigenvalue weighted by Crippen LogP contribution is -2.45. The van der Waals surface area contributed by atoms with Crippen molar-refractivity contribution >= 4 is 23.1 Å². The van der Waals surface area contributed by atoms with Gasteiger partial charge < -0.3 is 9.64 Å². The number of benzene rings is 1. The van der Waals surface area contributed by atoms with Gasteiger partial charge in [-0.05, 0) is 38.1 Å². The fourth-order valence-corrected chi connectivity index (χ4v) is 2.31. The van der Waals surface area contributed by atoms with E-state index >= 15 is 0 Å². The molecule has 0 radical (unpaired) electrons. The van der Waals surface area contributed by atoms with Crippen molar-refractivity contribution in [2.75, 3.05) is 41.3 Å². The molecular weight excluding hydrogens is 348 g/mol. The molecule has 1 aromatic heterocycles. The number of fused-ring (bicyclic) bond motifs is 1. The average Bonchev–Trinajstić information content (AvgIpc) is 2.98. The number of para-hydroxylation sites is 1. The fraction of sp³-hybridized carbons (Fsp3) is 0.556. The van der Waals surface area contributed by atoms with E-state index in [9.17, 15) is 4.79 Å². The number of hydrogen-bond donors (Lipinski definition) is 0. The molecule has 9 nitrogen and oxygen atoms in total. The topological polar surface area (TPSA) is 75.7 Å². The Morgan fingerprint density at radius 1 is 1.15 bits per heavy atom. The molecule has 0 bridgehead atoms. The van der Waals surface area contributed by atoms with Gasteiger partial charge in [-0.2, -0.15) is 0 Å². The molecule has 9 heteroatoms. The van der Waals surface area contributed by atoms with Crippen LogP contribution in [0.15, 0.2) is 24.3 Å². The summed E-state index contributed by atoms with van der Waals surface area (Å²) in [7, 11) is 7.35. The molecule has 0 saturated heterocycles. The van der Waals surface area contributed by atoms with Crippen molar-refractivity contribution in [1.82, 2.24) is 25.0 Å². The first-order chi connectivity index (χ1) is 12.6. The Bertz CT molecular complexity index is 820. The second kappa shape index (κ2) is 8.24. The fourth-order valence-electron chi connectivity index (χ4n) is 2.31. The Balaban J connectivity index is 2.02. The third kappa shape index (κ3) is 5.57. The Hall–Kier alpha value is -2.84. The zero-order valence-corrected chi connectivity index (χ0v) is 17.1. The van der Waals surface area contributed by atoms with Gasteiger partial charge in [0.2, 0.25) is 0 Å². The lowest BCUT2D eigenvalue weighted by molar-refractivity contribution is -0.481. The highest BCUT2D eigenvalue weighted by Gasteiger charge is 2.24. The van der Waals surface area contributed by atoms with Gasteiger partial charge in [-0.25, -0.2) is 14.3 Å². The summed E-state index contributed by atoms with van der Waals surface area (Å²) in [5.74, 6) is 0. The molecular formula is C18H29N6O3+. The van der Waals surface area contributed by atoms with Crippen LogP contribution in [-0.2, 0) is 4.74 Å². The summed E-state index contributed by atoms with van der Waals surface area (Å²) in [5.41, 5.74) is 1.01. The normalized spacial score (nSPS) is 11.2. The van der Waals surface area contributed by atoms with Gasteiger partial charge >= 0.3 is 12.1 Å². The monoisotopic (exact) mass is 377 g/mol. The number of rotatable bonds is 4. The highest BCUT2D eigenvalue weighted by molar-refractivity contribution is 5.75. The maximum absolute atomic E-state index is 12.1. The van der Waals surface area contributed by atoms with Gasteiger partial charge in [0.25, 0.3) is 0 Å². The standard InChI is InChI=1S/C18H29N6O3/c1-18(2,3)26-17(25)23(7)13-12-22(6)16(21(4)5)27-24-15-11-9-8-10-14(15)19-20-24/h8-11H,12-13H2,1-7H3/q+1. The Morgan fingerprint density at radius 3 is 2.41 bits per heavy atom. The number of amidine groups is 1. The first-order valence-electron chi connectivity index (χ1n) is 8.77. The minimum absolute atomic E-state index is 0.356. The van der Waals surface area contributed by atoms with Gasteiger partial charge in [-0.1, -0.05) is 17.0 Å². The molecule has 2 rings (SSSR count). The molecule has 27 heavy (non-hydrogen) atoms. The highest BCUT2D eigenvalue weighted by atomic mass is 16.7. The molecule has 0 aliphatic rings. The molecule has 0 aliphatic carbocycles. The summed E-state index contributed by atoms with van der Waals surface area (Å²) in [6.07, 6.45) is -0.356. The van der Waals surface area contributed by atoms with Crippen molar-refractivity contribution in [3.8, 4) is 0 Å². The molecule has 1 amide bonds. The van der Waals surface area contributed by atoms with Gasteiger partial charge in [0, 0.05) is 7.05 Å². The lowest BCUT2D eigenvalue weighted by atomic mass is 10.2. The van der Waals surface area contributed by atoms with Crippen LogP contribution in [-0.4, -0.2) is 88.5 Å². The van der Waals surface area contributed by atoms with E-state index in [1.54, 1.807) is 11.9 Å². The zero-order valence-electron chi connectivity index (χ0n) is 17.1. The van der Waals surface area contributed by atoms with E-state index in [2.05, 4.69) is 10.3 Å². The number of aromatic nitrogens is 3. The van der Waals surface area contributed by atoms with Crippen LogP contribution in [0, 0.1) is 0 Å². The van der Waals surface area contributed by atoms with Crippen molar-refractivity contribution < 1.29 is 18.9 Å². The first kappa shape index (κ1) is 20.5. The number of nitrogens with zero attached hydrogens (tertiary/aromatic N) is 6. The molecule has 0 N–H and O–H groups in total. The number of amides is 1. The summed E-state index contributed by atoms with van der Waals surface area (Å²) in [6, 6.07) is 8.13. The van der Waals surface area contributed by atoms with Crippen LogP contribution in [0.25, 0.3) is 11.0 Å². The highest BCUT2D eigenvalue weighted by Crippen LogP contribution is 2.10. The maximum Gasteiger partial charge on any atom is 0.472 e. The molecule has 0 unspecified atom stereocenters. The third-order valence-corrected chi connectivity index (χ3v) is 3.67. The van der Waals surface area contributed by atoms with E-state index in [1.807, 2.05) is 75.7 Å². The van der Waals surface area contributed by atoms with Crippen LogP contribution in [0.3, 0.4) is 0 Å². The molecule has 148 valence electrons. The quantitative estimate of drug-likeness (QED) is 0.454. The number of carbonyl (C=O) groups is 1. The smallest absolute Gasteiger partial charge is 0.444 e. The van der Waals surface area contributed by atoms with Crippen LogP contribution in [0.4, 0.5) is 4.79 Å². The molecule has 2 aromatic rings. The molecule has 1 aromatic carbocycles. The second-order valence-electron chi connectivity index (χ2n) is 7.54. The number of carbonyl (C=O) groups excluding carboxylic acids is 1. The maximum atomic E-state index is 12.1. The molecule has 0 aliphatic heterocycles. The van der Waals surface area contributed by atoms with E-state index in [4.69, 9.17) is 9.57 Å². The predicted molar refractivity (Wildman–Crippen MR) is 103 cm³/mol. The van der Waals surface area contributed by atoms with Crippen molar-refractivity contribution in [1.29, 1.82) is 0 Å². The average molecular weight is 377 g/mol. The second-order valence-corrected chi connectivity index (χ2v) is 7.54. The van der Waals surface area contributed by atoms with E-state index in [0.717, 1.165) is 11.0 Å². The molecule has 0 saturated carbocycles. The molecule has 1 heterocycles. The minimum atomic E-state index is -0.518. The van der Waals surface area contributed by atoms with E-state index < -0.39 is 5.60 Å². The van der Waals surface area contributed by atoms with Crippen LogP contribution in [0.5, 0.6) is 0 Å². The largest absolute Gasteiger partial charge is 0.472 e. The van der Waals surface area contributed by atoms with Gasteiger partial charge in [-0.3, -0.25) is 4.84 Å². The van der Waals surface area contributed by atoms with Crippen molar-refractivity contribution in [2.45, 2.75) is 26.4 Å². The minimum Gasteiger partial charge on any atom is -0.444 e. The SMILES string of the molecule is CN(CCN(C)C(On1nnc2ccccc21)=[N+](C)C)C(=O)OC(C)(C)C. The summed E-state index contributed by atoms with van der Waals surface area (Å²) < 4.78 is 7.21. The Morgan fingerprint density at radius 2 is 1.78 bits per heavy atom. The van der Waals surface area contributed by atoms with Crippen molar-refractivity contribution in [3.63, 3.8) is 0 Å². The zero-order chi connectivity index (χ0) is 20.2. The van der Waals surface area contributed by atoms with Gasteiger partial charge in [0.05, 0.1) is 27.7 Å². The van der Waals surface area contributed by atoms with Gasteiger partial charge in [0.1, 0.15) is 23.2 Å². The van der Waals surface area contributed by atoms with Crippen molar-refractivity contribution in [2.24, 2.45) is 0 Å². The summed E-state index contributed by atoms with van der Waals surface area (Å²) in [6.45, 7) is 6.57. The van der Waals surface area contributed by atoms with Gasteiger partial charge in [0.15, 0.2) is 0 Å². The van der Waals surface area contributed by atoms with Crippen LogP contribution in [0.1, 0.15) is 20.8 Å². The van der Waals surface area contributed by atoms with E-state index in [1.165, 1.54) is 4.85 Å². The third-order valence-electron chi connectivity index (χ3n) is 3.67. The molecule has 0 atom stereocenters. The number of ether oxygens (including phenoxy) is 1. The predicted octanol–water partition coefficient (Wildman–Crippen LogP) is 1.29.